The fourth-order valence-electron chi connectivity index (χ4n) is 4.07. The number of cyclic esters (lactones) is 1. The smallest absolute Gasteiger partial charge is 0.446 e. The van der Waals surface area contributed by atoms with Gasteiger partial charge in [-0.15, -0.1) is 0 Å². The molecule has 0 radical (unpaired) electrons. The van der Waals surface area contributed by atoms with Crippen LogP contribution in [0.2, 0.25) is 0 Å². The number of hydrogen-bond acceptors (Lipinski definition) is 10. The molecule has 0 bridgehead atoms. The van der Waals surface area contributed by atoms with Gasteiger partial charge in [0.2, 0.25) is 0 Å². The number of nitrogens with zero attached hydrogens (tertiary/aromatic N) is 1. The van der Waals surface area contributed by atoms with Crippen molar-refractivity contribution in [1.82, 2.24) is 4.90 Å². The monoisotopic (exact) mass is 513 g/mol. The summed E-state index contributed by atoms with van der Waals surface area (Å²) < 4.78 is 58.3. The third kappa shape index (κ3) is 7.17. The van der Waals surface area contributed by atoms with E-state index in [0.29, 0.717) is 49.7 Å². The van der Waals surface area contributed by atoms with Gasteiger partial charge in [-0.3, -0.25) is 14.2 Å². The first-order valence-electron chi connectivity index (χ1n) is 11.3. The number of carbonyl (C=O) groups is 2. The molecule has 0 unspecified atom stereocenters. The fraction of sp³-hybridized carbons (Fsp3) is 0.565. The van der Waals surface area contributed by atoms with Crippen molar-refractivity contribution in [2.45, 2.75) is 39.7 Å². The summed E-state index contributed by atoms with van der Waals surface area (Å²) in [6.07, 6.45) is 2.53. The van der Waals surface area contributed by atoms with Crippen molar-refractivity contribution >= 4 is 22.3 Å². The molecule has 3 rings (SSSR count). The standard InChI is InChI=1S/C23H31NO10S/c1-15(5-7-19(25)32-13-10-24-8-11-31-12-9-24)4-6-17-21(30-3)16(2)18-14-33-23(26)20(18)22(17)34-35(27,28)29/h4H,5-14H2,1-3H3,(H,27,28,29). The van der Waals surface area contributed by atoms with E-state index in [4.69, 9.17) is 23.1 Å². The summed E-state index contributed by atoms with van der Waals surface area (Å²) in [6, 6.07) is 0. The Bertz CT molecular complexity index is 1090. The van der Waals surface area contributed by atoms with Crippen molar-refractivity contribution in [3.8, 4) is 11.5 Å². The number of esters is 2. The predicted octanol–water partition coefficient (Wildman–Crippen LogP) is 2.00. The van der Waals surface area contributed by atoms with E-state index in [-0.39, 0.29) is 42.3 Å². The number of hydrogen-bond donors (Lipinski definition) is 1. The molecular weight excluding hydrogens is 482 g/mol. The maximum absolute atomic E-state index is 12.3. The molecule has 2 aliphatic heterocycles. The molecule has 1 aromatic rings. The van der Waals surface area contributed by atoms with Crippen LogP contribution in [0.1, 0.15) is 46.8 Å². The summed E-state index contributed by atoms with van der Waals surface area (Å²) in [4.78, 5) is 26.6. The number of rotatable bonds is 11. The lowest BCUT2D eigenvalue weighted by molar-refractivity contribution is -0.144. The van der Waals surface area contributed by atoms with E-state index in [0.717, 1.165) is 18.7 Å². The van der Waals surface area contributed by atoms with Crippen LogP contribution >= 0.6 is 0 Å². The molecule has 0 aliphatic carbocycles. The predicted molar refractivity (Wildman–Crippen MR) is 124 cm³/mol. The Hall–Kier alpha value is -2.67. The Labute approximate surface area is 204 Å². The molecule has 0 aromatic heterocycles. The van der Waals surface area contributed by atoms with Crippen molar-refractivity contribution < 1.29 is 45.7 Å². The highest BCUT2D eigenvalue weighted by atomic mass is 32.3. The maximum Gasteiger partial charge on any atom is 0.446 e. The normalized spacial score (nSPS) is 16.6. The largest absolute Gasteiger partial charge is 0.496 e. The van der Waals surface area contributed by atoms with E-state index in [1.165, 1.54) is 7.11 Å². The Morgan fingerprint density at radius 1 is 1.20 bits per heavy atom. The molecule has 1 N–H and O–H groups in total. The van der Waals surface area contributed by atoms with Gasteiger partial charge in [0.15, 0.2) is 5.75 Å². The van der Waals surface area contributed by atoms with E-state index < -0.39 is 16.4 Å². The van der Waals surface area contributed by atoms with Crippen LogP contribution in [0.15, 0.2) is 11.6 Å². The minimum absolute atomic E-state index is 0.0502. The number of carbonyl (C=O) groups excluding carboxylic acids is 2. The van der Waals surface area contributed by atoms with E-state index in [2.05, 4.69) is 4.90 Å². The van der Waals surface area contributed by atoms with Crippen LogP contribution < -0.4 is 8.92 Å². The molecule has 1 fully saturated rings. The van der Waals surface area contributed by atoms with Crippen molar-refractivity contribution in [2.24, 2.45) is 0 Å². The van der Waals surface area contributed by atoms with E-state index in [1.807, 2.05) is 6.92 Å². The minimum atomic E-state index is -4.92. The zero-order valence-electron chi connectivity index (χ0n) is 20.1. The summed E-state index contributed by atoms with van der Waals surface area (Å²) in [5.74, 6) is -1.05. The van der Waals surface area contributed by atoms with Crippen LogP contribution in [0.3, 0.4) is 0 Å². The van der Waals surface area contributed by atoms with Crippen LogP contribution in [0.5, 0.6) is 11.5 Å². The second kappa shape index (κ2) is 11.8. The minimum Gasteiger partial charge on any atom is -0.496 e. The Morgan fingerprint density at radius 2 is 1.91 bits per heavy atom. The average Bonchev–Trinajstić information content (AvgIpc) is 3.20. The van der Waals surface area contributed by atoms with E-state index >= 15 is 0 Å². The van der Waals surface area contributed by atoms with Crippen LogP contribution in [0.25, 0.3) is 0 Å². The van der Waals surface area contributed by atoms with Gasteiger partial charge in [0, 0.05) is 37.2 Å². The summed E-state index contributed by atoms with van der Waals surface area (Å²) in [5.41, 5.74) is 2.12. The molecule has 2 aliphatic rings. The van der Waals surface area contributed by atoms with Gasteiger partial charge in [0.25, 0.3) is 0 Å². The molecule has 12 heteroatoms. The number of morpholine rings is 1. The Kier molecular flexibility index (Phi) is 9.11. The van der Waals surface area contributed by atoms with Gasteiger partial charge < -0.3 is 23.1 Å². The first-order chi connectivity index (χ1) is 16.6. The SMILES string of the molecule is COc1c(C)c2c(c(OS(=O)(=O)O)c1CC=C(C)CCC(=O)OCCN1CCOCC1)C(=O)OC2. The molecule has 0 spiro atoms. The molecule has 0 saturated carbocycles. The first-order valence-corrected chi connectivity index (χ1v) is 12.6. The van der Waals surface area contributed by atoms with Gasteiger partial charge in [-0.25, -0.2) is 4.79 Å². The maximum atomic E-state index is 12.3. The van der Waals surface area contributed by atoms with Gasteiger partial charge in [0.05, 0.1) is 20.3 Å². The zero-order valence-corrected chi connectivity index (χ0v) is 20.9. The van der Waals surface area contributed by atoms with Gasteiger partial charge in [-0.1, -0.05) is 11.6 Å². The third-order valence-corrected chi connectivity index (χ3v) is 6.34. The van der Waals surface area contributed by atoms with Gasteiger partial charge in [-0.2, -0.15) is 8.42 Å². The third-order valence-electron chi connectivity index (χ3n) is 5.97. The summed E-state index contributed by atoms with van der Waals surface area (Å²) >= 11 is 0. The number of methoxy groups -OCH3 is 1. The number of ether oxygens (including phenoxy) is 4. The molecule has 194 valence electrons. The van der Waals surface area contributed by atoms with E-state index in [1.54, 1.807) is 13.0 Å². The highest BCUT2D eigenvalue weighted by molar-refractivity contribution is 7.81. The van der Waals surface area contributed by atoms with Crippen molar-refractivity contribution in [1.29, 1.82) is 0 Å². The number of fused-ring (bicyclic) bond motifs is 1. The van der Waals surface area contributed by atoms with Crippen LogP contribution in [-0.2, 0) is 42.4 Å². The fourth-order valence-corrected chi connectivity index (χ4v) is 4.46. The van der Waals surface area contributed by atoms with Gasteiger partial charge >= 0.3 is 22.3 Å². The highest BCUT2D eigenvalue weighted by Gasteiger charge is 2.34. The first kappa shape index (κ1) is 26.9. The van der Waals surface area contributed by atoms with Crippen molar-refractivity contribution in [3.63, 3.8) is 0 Å². The molecule has 0 amide bonds. The quantitative estimate of drug-likeness (QED) is 0.264. The van der Waals surface area contributed by atoms with Crippen LogP contribution in [-0.4, -0.2) is 76.4 Å². The lowest BCUT2D eigenvalue weighted by Crippen LogP contribution is -2.38. The van der Waals surface area contributed by atoms with Crippen LogP contribution in [0.4, 0.5) is 0 Å². The second-order valence-electron chi connectivity index (χ2n) is 8.34. The average molecular weight is 514 g/mol. The molecule has 2 heterocycles. The zero-order chi connectivity index (χ0) is 25.6. The molecule has 11 nitrogen and oxygen atoms in total. The summed E-state index contributed by atoms with van der Waals surface area (Å²) in [7, 11) is -3.50. The van der Waals surface area contributed by atoms with Gasteiger partial charge in [-0.05, 0) is 32.3 Å². The Balaban J connectivity index is 1.67. The molecule has 35 heavy (non-hydrogen) atoms. The summed E-state index contributed by atoms with van der Waals surface area (Å²) in [6.45, 7) is 7.50. The molecule has 1 saturated heterocycles. The van der Waals surface area contributed by atoms with E-state index in [9.17, 15) is 22.6 Å². The number of benzene rings is 1. The molecular formula is C23H31NO10S. The highest BCUT2D eigenvalue weighted by Crippen LogP contribution is 2.43. The number of allylic oxidation sites excluding steroid dienone is 2. The van der Waals surface area contributed by atoms with Crippen LogP contribution in [0, 0.1) is 6.92 Å². The Morgan fingerprint density at radius 3 is 2.57 bits per heavy atom. The molecule has 1 aromatic carbocycles. The van der Waals surface area contributed by atoms with Crippen molar-refractivity contribution in [2.75, 3.05) is 46.6 Å². The topological polar surface area (TPSA) is 138 Å². The molecule has 0 atom stereocenters. The van der Waals surface area contributed by atoms with Gasteiger partial charge in [0.1, 0.15) is 24.5 Å². The summed E-state index contributed by atoms with van der Waals surface area (Å²) in [5, 5.41) is 0. The second-order valence-corrected chi connectivity index (χ2v) is 9.36. The lowest BCUT2D eigenvalue weighted by atomic mass is 9.94. The lowest BCUT2D eigenvalue weighted by Gasteiger charge is -2.26. The van der Waals surface area contributed by atoms with Crippen molar-refractivity contribution in [3.05, 3.63) is 33.9 Å².